The van der Waals surface area contributed by atoms with Gasteiger partial charge >= 0.3 is 12.1 Å². The van der Waals surface area contributed by atoms with Gasteiger partial charge in [-0.1, -0.05) is 0 Å². The van der Waals surface area contributed by atoms with Crippen LogP contribution in [0.15, 0.2) is 24.4 Å². The molecule has 1 saturated heterocycles. The molecule has 144 valence electrons. The second-order valence-corrected chi connectivity index (χ2v) is 7.37. The van der Waals surface area contributed by atoms with Crippen molar-refractivity contribution in [1.29, 1.82) is 0 Å². The first-order valence-electron chi connectivity index (χ1n) is 8.86. The van der Waals surface area contributed by atoms with Gasteiger partial charge < -0.3 is 19.3 Å². The van der Waals surface area contributed by atoms with Gasteiger partial charge in [-0.2, -0.15) is 5.10 Å². The van der Waals surface area contributed by atoms with E-state index in [-0.39, 0.29) is 6.09 Å². The number of carbonyl (C=O) groups excluding carboxylic acids is 2. The Bertz CT molecular complexity index is 854. The first-order chi connectivity index (χ1) is 12.8. The zero-order chi connectivity index (χ0) is 19.6. The summed E-state index contributed by atoms with van der Waals surface area (Å²) in [5.74, 6) is -0.443. The maximum absolute atomic E-state index is 12.2. The zero-order valence-corrected chi connectivity index (χ0v) is 16.1. The fourth-order valence-corrected chi connectivity index (χ4v) is 3.08. The molecule has 0 spiro atoms. The quantitative estimate of drug-likeness (QED) is 0.749. The smallest absolute Gasteiger partial charge is 0.410 e. The first kappa shape index (κ1) is 18.9. The molecule has 0 bridgehead atoms. The number of methoxy groups -OCH3 is 1. The zero-order valence-electron chi connectivity index (χ0n) is 16.1. The lowest BCUT2D eigenvalue weighted by Gasteiger charge is -2.37. The summed E-state index contributed by atoms with van der Waals surface area (Å²) in [6.07, 6.45) is 1.31. The van der Waals surface area contributed by atoms with Crippen molar-refractivity contribution in [3.63, 3.8) is 0 Å². The Morgan fingerprint density at radius 2 is 1.78 bits per heavy atom. The SMILES string of the molecule is COC(=O)c1ccc(N2CCN(C(=O)OC(C)(C)C)CC2)c2ccnnc12. The van der Waals surface area contributed by atoms with Gasteiger partial charge in [0.2, 0.25) is 0 Å². The molecule has 8 nitrogen and oxygen atoms in total. The van der Waals surface area contributed by atoms with E-state index >= 15 is 0 Å². The molecule has 1 amide bonds. The van der Waals surface area contributed by atoms with Crippen LogP contribution in [0.25, 0.3) is 10.9 Å². The van der Waals surface area contributed by atoms with Crippen LogP contribution in [0.3, 0.4) is 0 Å². The molecule has 1 aliphatic rings. The Morgan fingerprint density at radius 3 is 2.41 bits per heavy atom. The lowest BCUT2D eigenvalue weighted by Crippen LogP contribution is -2.50. The van der Waals surface area contributed by atoms with Crippen molar-refractivity contribution in [1.82, 2.24) is 15.1 Å². The molecule has 0 N–H and O–H groups in total. The Labute approximate surface area is 158 Å². The van der Waals surface area contributed by atoms with Gasteiger partial charge in [-0.25, -0.2) is 9.59 Å². The van der Waals surface area contributed by atoms with E-state index in [1.807, 2.05) is 32.9 Å². The molecule has 1 fully saturated rings. The second kappa shape index (κ2) is 7.38. The van der Waals surface area contributed by atoms with Crippen molar-refractivity contribution >= 4 is 28.7 Å². The van der Waals surface area contributed by atoms with E-state index in [1.165, 1.54) is 7.11 Å². The molecule has 1 aliphatic heterocycles. The van der Waals surface area contributed by atoms with Crippen LogP contribution in [0.5, 0.6) is 0 Å². The van der Waals surface area contributed by atoms with Crippen LogP contribution in [0.4, 0.5) is 10.5 Å². The van der Waals surface area contributed by atoms with Crippen molar-refractivity contribution in [3.8, 4) is 0 Å². The second-order valence-electron chi connectivity index (χ2n) is 7.37. The molecule has 3 rings (SSSR count). The van der Waals surface area contributed by atoms with Crippen molar-refractivity contribution in [2.45, 2.75) is 26.4 Å². The average molecular weight is 372 g/mol. The van der Waals surface area contributed by atoms with Gasteiger partial charge in [-0.05, 0) is 39.0 Å². The Kier molecular flexibility index (Phi) is 5.16. The number of hydrogen-bond acceptors (Lipinski definition) is 7. The Hall–Kier alpha value is -2.90. The average Bonchev–Trinajstić information content (AvgIpc) is 2.65. The molecule has 2 heterocycles. The normalized spacial score (nSPS) is 15.0. The first-order valence-corrected chi connectivity index (χ1v) is 8.86. The van der Waals surface area contributed by atoms with Gasteiger partial charge in [-0.15, -0.1) is 5.10 Å². The number of amides is 1. The molecular weight excluding hydrogens is 348 g/mol. The number of hydrogen-bond donors (Lipinski definition) is 0. The third-order valence-corrected chi connectivity index (χ3v) is 4.34. The van der Waals surface area contributed by atoms with Crippen LogP contribution < -0.4 is 4.90 Å². The molecule has 0 atom stereocenters. The fourth-order valence-electron chi connectivity index (χ4n) is 3.08. The van der Waals surface area contributed by atoms with Crippen LogP contribution >= 0.6 is 0 Å². The summed E-state index contributed by atoms with van der Waals surface area (Å²) < 4.78 is 10.3. The number of piperazine rings is 1. The standard InChI is InChI=1S/C19H24N4O4/c1-19(2,3)27-18(25)23-11-9-22(10-12-23)15-6-5-14(17(24)26-4)16-13(15)7-8-20-21-16/h5-8H,9-12H2,1-4H3. The van der Waals surface area contributed by atoms with Crippen LogP contribution in [0, 0.1) is 0 Å². The highest BCUT2D eigenvalue weighted by Crippen LogP contribution is 2.29. The number of esters is 1. The predicted octanol–water partition coefficient (Wildman–Crippen LogP) is 2.47. The number of ether oxygens (including phenoxy) is 2. The van der Waals surface area contributed by atoms with E-state index in [4.69, 9.17) is 9.47 Å². The van der Waals surface area contributed by atoms with E-state index < -0.39 is 11.6 Å². The highest BCUT2D eigenvalue weighted by Gasteiger charge is 2.27. The largest absolute Gasteiger partial charge is 0.465 e. The Morgan fingerprint density at radius 1 is 1.07 bits per heavy atom. The van der Waals surface area contributed by atoms with Gasteiger partial charge in [-0.3, -0.25) is 0 Å². The molecule has 1 aromatic heterocycles. The summed E-state index contributed by atoms with van der Waals surface area (Å²) >= 11 is 0. The minimum atomic E-state index is -0.507. The van der Waals surface area contributed by atoms with E-state index in [1.54, 1.807) is 17.2 Å². The van der Waals surface area contributed by atoms with E-state index in [0.29, 0.717) is 37.3 Å². The van der Waals surface area contributed by atoms with Crippen LogP contribution in [0.1, 0.15) is 31.1 Å². The van der Waals surface area contributed by atoms with Crippen molar-refractivity contribution in [2.75, 3.05) is 38.2 Å². The van der Waals surface area contributed by atoms with Gasteiger partial charge in [0.05, 0.1) is 18.9 Å². The molecular formula is C19H24N4O4. The highest BCUT2D eigenvalue weighted by molar-refractivity contribution is 6.06. The monoisotopic (exact) mass is 372 g/mol. The number of anilines is 1. The lowest BCUT2D eigenvalue weighted by atomic mass is 10.1. The summed E-state index contributed by atoms with van der Waals surface area (Å²) in [6.45, 7) is 8.02. The van der Waals surface area contributed by atoms with Gasteiger partial charge in [0.25, 0.3) is 0 Å². The minimum Gasteiger partial charge on any atom is -0.465 e. The van der Waals surface area contributed by atoms with Crippen molar-refractivity contribution < 1.29 is 19.1 Å². The number of fused-ring (bicyclic) bond motifs is 1. The van der Waals surface area contributed by atoms with Crippen LogP contribution in [0.2, 0.25) is 0 Å². The predicted molar refractivity (Wildman–Crippen MR) is 101 cm³/mol. The molecule has 0 saturated carbocycles. The van der Waals surface area contributed by atoms with E-state index in [9.17, 15) is 9.59 Å². The third kappa shape index (κ3) is 4.10. The number of rotatable bonds is 2. The van der Waals surface area contributed by atoms with Gasteiger partial charge in [0.15, 0.2) is 0 Å². The fraction of sp³-hybridized carbons (Fsp3) is 0.474. The van der Waals surface area contributed by atoms with Crippen LogP contribution in [-0.2, 0) is 9.47 Å². The third-order valence-electron chi connectivity index (χ3n) is 4.34. The molecule has 0 unspecified atom stereocenters. The van der Waals surface area contributed by atoms with E-state index in [2.05, 4.69) is 15.1 Å². The summed E-state index contributed by atoms with van der Waals surface area (Å²) in [4.78, 5) is 28.1. The number of carbonyl (C=O) groups is 2. The lowest BCUT2D eigenvalue weighted by molar-refractivity contribution is 0.0240. The molecule has 8 heteroatoms. The van der Waals surface area contributed by atoms with E-state index in [0.717, 1.165) is 11.1 Å². The minimum absolute atomic E-state index is 0.293. The van der Waals surface area contributed by atoms with Crippen molar-refractivity contribution in [2.24, 2.45) is 0 Å². The molecule has 0 radical (unpaired) electrons. The van der Waals surface area contributed by atoms with Gasteiger partial charge in [0, 0.05) is 37.3 Å². The number of nitrogens with zero attached hydrogens (tertiary/aromatic N) is 4. The van der Waals surface area contributed by atoms with Gasteiger partial charge in [0.1, 0.15) is 11.1 Å². The van der Waals surface area contributed by atoms with Crippen molar-refractivity contribution in [3.05, 3.63) is 30.0 Å². The maximum Gasteiger partial charge on any atom is 0.410 e. The van der Waals surface area contributed by atoms with Crippen LogP contribution in [-0.4, -0.2) is 66.0 Å². The maximum atomic E-state index is 12.2. The Balaban J connectivity index is 1.80. The summed E-state index contributed by atoms with van der Waals surface area (Å²) in [5, 5.41) is 8.86. The highest BCUT2D eigenvalue weighted by atomic mass is 16.6. The number of aromatic nitrogens is 2. The molecule has 27 heavy (non-hydrogen) atoms. The topological polar surface area (TPSA) is 84.9 Å². The summed E-state index contributed by atoms with van der Waals surface area (Å²) in [7, 11) is 1.34. The molecule has 2 aromatic rings. The summed E-state index contributed by atoms with van der Waals surface area (Å²) in [6, 6.07) is 5.43. The molecule has 0 aliphatic carbocycles. The molecule has 1 aromatic carbocycles. The summed E-state index contributed by atoms with van der Waals surface area (Å²) in [5.41, 5.74) is 1.34. The number of benzene rings is 1.